The second-order valence-electron chi connectivity index (χ2n) is 4.32. The van der Waals surface area contributed by atoms with Crippen LogP contribution in [0.25, 0.3) is 0 Å². The molecule has 0 amide bonds. The number of hydrogen-bond donors (Lipinski definition) is 1. The lowest BCUT2D eigenvalue weighted by Gasteiger charge is -2.26. The van der Waals surface area contributed by atoms with Gasteiger partial charge in [-0.1, -0.05) is 29.8 Å². The smallest absolute Gasteiger partial charge is 0.0594 e. The molecular weight excluding hydrogens is 222 g/mol. The second-order valence-corrected chi connectivity index (χ2v) is 4.72. The van der Waals surface area contributed by atoms with E-state index < -0.39 is 0 Å². The summed E-state index contributed by atoms with van der Waals surface area (Å²) in [4.78, 5) is 0. The molecule has 0 bridgehead atoms. The standard InChI is InChI=1S/C13H18ClNO/c1-9-10(7-8-16-9)13(15-2)11-5-3-4-6-12(11)14/h3-6,9-10,13,15H,7-8H2,1-2H3. The molecule has 0 aromatic heterocycles. The SMILES string of the molecule is CNC(c1ccccc1Cl)C1CCOC1C. The summed E-state index contributed by atoms with van der Waals surface area (Å²) in [5.41, 5.74) is 1.18. The normalized spacial score (nSPS) is 26.9. The third kappa shape index (κ3) is 2.24. The molecule has 0 spiro atoms. The van der Waals surface area contributed by atoms with Gasteiger partial charge < -0.3 is 10.1 Å². The van der Waals surface area contributed by atoms with E-state index in [9.17, 15) is 0 Å². The Morgan fingerprint density at radius 2 is 2.19 bits per heavy atom. The number of benzene rings is 1. The van der Waals surface area contributed by atoms with E-state index in [1.165, 1.54) is 5.56 Å². The first-order valence-corrected chi connectivity index (χ1v) is 6.15. The predicted octanol–water partition coefficient (Wildman–Crippen LogP) is 3.03. The maximum absolute atomic E-state index is 6.24. The summed E-state index contributed by atoms with van der Waals surface area (Å²) in [6, 6.07) is 8.32. The van der Waals surface area contributed by atoms with Gasteiger partial charge in [-0.3, -0.25) is 0 Å². The van der Waals surface area contributed by atoms with Crippen LogP contribution in [0.5, 0.6) is 0 Å². The summed E-state index contributed by atoms with van der Waals surface area (Å²) < 4.78 is 5.63. The molecular formula is C13H18ClNO. The van der Waals surface area contributed by atoms with Gasteiger partial charge in [0.05, 0.1) is 6.10 Å². The molecule has 0 saturated carbocycles. The average molecular weight is 240 g/mol. The maximum atomic E-state index is 6.24. The van der Waals surface area contributed by atoms with Crippen molar-refractivity contribution in [2.75, 3.05) is 13.7 Å². The topological polar surface area (TPSA) is 21.3 Å². The van der Waals surface area contributed by atoms with E-state index in [0.717, 1.165) is 18.1 Å². The molecule has 1 aromatic rings. The van der Waals surface area contributed by atoms with Gasteiger partial charge in [0.1, 0.15) is 0 Å². The van der Waals surface area contributed by atoms with Crippen molar-refractivity contribution >= 4 is 11.6 Å². The van der Waals surface area contributed by atoms with E-state index in [4.69, 9.17) is 16.3 Å². The van der Waals surface area contributed by atoms with Crippen LogP contribution >= 0.6 is 11.6 Å². The maximum Gasteiger partial charge on any atom is 0.0594 e. The van der Waals surface area contributed by atoms with E-state index in [2.05, 4.69) is 18.3 Å². The Morgan fingerprint density at radius 1 is 1.44 bits per heavy atom. The van der Waals surface area contributed by atoms with Crippen LogP contribution in [0, 0.1) is 5.92 Å². The molecule has 0 aliphatic carbocycles. The molecule has 3 heteroatoms. The van der Waals surface area contributed by atoms with Crippen LogP contribution in [0.1, 0.15) is 24.9 Å². The number of rotatable bonds is 3. The van der Waals surface area contributed by atoms with E-state index in [1.807, 2.05) is 25.2 Å². The monoisotopic (exact) mass is 239 g/mol. The van der Waals surface area contributed by atoms with Crippen LogP contribution in [0.4, 0.5) is 0 Å². The van der Waals surface area contributed by atoms with Gasteiger partial charge in [0.2, 0.25) is 0 Å². The molecule has 0 radical (unpaired) electrons. The second kappa shape index (κ2) is 5.17. The predicted molar refractivity (Wildman–Crippen MR) is 66.8 cm³/mol. The largest absolute Gasteiger partial charge is 0.378 e. The minimum Gasteiger partial charge on any atom is -0.378 e. The summed E-state index contributed by atoms with van der Waals surface area (Å²) in [6.45, 7) is 2.99. The Labute approximate surface area is 102 Å². The fraction of sp³-hybridized carbons (Fsp3) is 0.538. The molecule has 1 aliphatic rings. The van der Waals surface area contributed by atoms with Crippen LogP contribution in [0.3, 0.4) is 0 Å². The van der Waals surface area contributed by atoms with Crippen molar-refractivity contribution in [3.8, 4) is 0 Å². The lowest BCUT2D eigenvalue weighted by Crippen LogP contribution is -2.29. The highest BCUT2D eigenvalue weighted by atomic mass is 35.5. The molecule has 2 rings (SSSR count). The Kier molecular flexibility index (Phi) is 3.85. The molecule has 3 atom stereocenters. The minimum absolute atomic E-state index is 0.284. The van der Waals surface area contributed by atoms with Crippen molar-refractivity contribution in [1.29, 1.82) is 0 Å². The van der Waals surface area contributed by atoms with Crippen LogP contribution in [0.2, 0.25) is 5.02 Å². The average Bonchev–Trinajstić information content (AvgIpc) is 2.69. The van der Waals surface area contributed by atoms with Gasteiger partial charge in [0.25, 0.3) is 0 Å². The Morgan fingerprint density at radius 3 is 2.75 bits per heavy atom. The zero-order valence-corrected chi connectivity index (χ0v) is 10.5. The molecule has 1 saturated heterocycles. The van der Waals surface area contributed by atoms with Crippen molar-refractivity contribution < 1.29 is 4.74 Å². The van der Waals surface area contributed by atoms with Crippen LogP contribution in [-0.2, 0) is 4.74 Å². The number of hydrogen-bond acceptors (Lipinski definition) is 2. The van der Waals surface area contributed by atoms with Gasteiger partial charge in [-0.05, 0) is 32.0 Å². The van der Waals surface area contributed by atoms with E-state index in [1.54, 1.807) is 0 Å². The molecule has 16 heavy (non-hydrogen) atoms. The van der Waals surface area contributed by atoms with Crippen molar-refractivity contribution in [2.45, 2.75) is 25.5 Å². The summed E-state index contributed by atoms with van der Waals surface area (Å²) in [5, 5.41) is 4.20. The third-order valence-electron chi connectivity index (χ3n) is 3.41. The molecule has 1 fully saturated rings. The Hall–Kier alpha value is -0.570. The minimum atomic E-state index is 0.284. The number of nitrogens with one attached hydrogen (secondary N) is 1. The molecule has 2 nitrogen and oxygen atoms in total. The molecule has 3 unspecified atom stereocenters. The van der Waals surface area contributed by atoms with Crippen molar-refractivity contribution in [1.82, 2.24) is 5.32 Å². The quantitative estimate of drug-likeness (QED) is 0.876. The molecule has 1 N–H and O–H groups in total. The first kappa shape index (κ1) is 11.9. The molecule has 1 aromatic carbocycles. The first-order valence-electron chi connectivity index (χ1n) is 5.77. The molecule has 88 valence electrons. The Bertz CT molecular complexity index is 356. The van der Waals surface area contributed by atoms with Crippen molar-refractivity contribution in [3.05, 3.63) is 34.9 Å². The van der Waals surface area contributed by atoms with Gasteiger partial charge in [-0.2, -0.15) is 0 Å². The van der Waals surface area contributed by atoms with Crippen molar-refractivity contribution in [3.63, 3.8) is 0 Å². The Balaban J connectivity index is 2.25. The highest BCUT2D eigenvalue weighted by Crippen LogP contribution is 2.35. The van der Waals surface area contributed by atoms with E-state index >= 15 is 0 Å². The van der Waals surface area contributed by atoms with Gasteiger partial charge >= 0.3 is 0 Å². The van der Waals surface area contributed by atoms with E-state index in [-0.39, 0.29) is 6.04 Å². The van der Waals surface area contributed by atoms with Crippen LogP contribution < -0.4 is 5.32 Å². The van der Waals surface area contributed by atoms with Crippen LogP contribution in [0.15, 0.2) is 24.3 Å². The fourth-order valence-corrected chi connectivity index (χ4v) is 2.77. The highest BCUT2D eigenvalue weighted by Gasteiger charge is 2.32. The summed E-state index contributed by atoms with van der Waals surface area (Å²) >= 11 is 6.24. The van der Waals surface area contributed by atoms with E-state index in [0.29, 0.717) is 12.0 Å². The fourth-order valence-electron chi connectivity index (χ4n) is 2.51. The lowest BCUT2D eigenvalue weighted by molar-refractivity contribution is 0.0963. The molecule has 1 heterocycles. The number of ether oxygens (including phenoxy) is 1. The lowest BCUT2D eigenvalue weighted by atomic mass is 9.88. The first-order chi connectivity index (χ1) is 7.74. The van der Waals surface area contributed by atoms with Gasteiger partial charge in [-0.15, -0.1) is 0 Å². The van der Waals surface area contributed by atoms with Gasteiger partial charge in [-0.25, -0.2) is 0 Å². The third-order valence-corrected chi connectivity index (χ3v) is 3.76. The summed E-state index contributed by atoms with van der Waals surface area (Å²) in [5.74, 6) is 0.505. The summed E-state index contributed by atoms with van der Waals surface area (Å²) in [6.07, 6.45) is 1.39. The van der Waals surface area contributed by atoms with Gasteiger partial charge in [0, 0.05) is 23.6 Å². The van der Waals surface area contributed by atoms with Crippen LogP contribution in [-0.4, -0.2) is 19.8 Å². The molecule has 1 aliphatic heterocycles. The van der Waals surface area contributed by atoms with Crippen molar-refractivity contribution in [2.24, 2.45) is 5.92 Å². The zero-order valence-electron chi connectivity index (χ0n) is 9.74. The van der Waals surface area contributed by atoms with Gasteiger partial charge in [0.15, 0.2) is 0 Å². The summed E-state index contributed by atoms with van der Waals surface area (Å²) in [7, 11) is 1.99. The number of halogens is 1. The highest BCUT2D eigenvalue weighted by molar-refractivity contribution is 6.31. The zero-order chi connectivity index (χ0) is 11.5.